The number of benzene rings is 2. The van der Waals surface area contributed by atoms with E-state index >= 15 is 0 Å². The summed E-state index contributed by atoms with van der Waals surface area (Å²) in [6.45, 7) is 0.863. The maximum absolute atomic E-state index is 11.7. The van der Waals surface area contributed by atoms with Crippen molar-refractivity contribution in [2.75, 3.05) is 20.3 Å². The van der Waals surface area contributed by atoms with Crippen molar-refractivity contribution in [3.8, 4) is 17.2 Å². The van der Waals surface area contributed by atoms with Crippen molar-refractivity contribution in [1.82, 2.24) is 5.32 Å². The molecule has 0 radical (unpaired) electrons. The molecule has 2 amide bonds. The first kappa shape index (κ1) is 20.1. The Hall–Kier alpha value is -2.64. The maximum atomic E-state index is 11.7. The Morgan fingerprint density at radius 1 is 1.04 bits per heavy atom. The summed E-state index contributed by atoms with van der Waals surface area (Å²) in [5.74, 6) is 1.50. The molecule has 0 aromatic heterocycles. The summed E-state index contributed by atoms with van der Waals surface area (Å²) >= 11 is 6.90. The van der Waals surface area contributed by atoms with Gasteiger partial charge in [0.25, 0.3) is 11.1 Å². The van der Waals surface area contributed by atoms with Crippen molar-refractivity contribution in [1.29, 1.82) is 0 Å². The first-order valence-corrected chi connectivity index (χ1v) is 9.69. The number of rotatable bonds is 8. The van der Waals surface area contributed by atoms with Gasteiger partial charge in [-0.25, -0.2) is 0 Å². The fourth-order valence-electron chi connectivity index (χ4n) is 2.49. The van der Waals surface area contributed by atoms with Gasteiger partial charge in [-0.3, -0.25) is 14.9 Å². The van der Waals surface area contributed by atoms with Crippen molar-refractivity contribution in [3.05, 3.63) is 58.0 Å². The average molecular weight is 420 g/mol. The lowest BCUT2D eigenvalue weighted by Gasteiger charge is -2.12. The summed E-state index contributed by atoms with van der Waals surface area (Å²) in [5.41, 5.74) is 0.630. The van der Waals surface area contributed by atoms with Crippen LogP contribution in [0.5, 0.6) is 17.2 Å². The standard InChI is InChI=1S/C20H18ClNO5S/c1-25-16-5-2-3-6-17(16)27-10-4-9-26-15-8-7-14(21)11-13(15)12-18-19(23)22-20(24)28-18/h2-3,5-8,11-12H,4,9-10H2,1H3,(H,22,23,24)/b18-12+. The van der Waals surface area contributed by atoms with Crippen LogP contribution in [-0.4, -0.2) is 31.5 Å². The van der Waals surface area contributed by atoms with Crippen LogP contribution < -0.4 is 19.5 Å². The smallest absolute Gasteiger partial charge is 0.290 e. The molecule has 8 heteroatoms. The molecule has 0 atom stereocenters. The lowest BCUT2D eigenvalue weighted by atomic mass is 10.2. The monoisotopic (exact) mass is 419 g/mol. The molecular formula is C20H18ClNO5S. The molecule has 0 unspecified atom stereocenters. The molecule has 1 aliphatic heterocycles. The number of methoxy groups -OCH3 is 1. The number of hydrogen-bond donors (Lipinski definition) is 1. The van der Waals surface area contributed by atoms with E-state index in [-0.39, 0.29) is 0 Å². The number of amides is 2. The second-order valence-electron chi connectivity index (χ2n) is 5.74. The van der Waals surface area contributed by atoms with Crippen molar-refractivity contribution in [3.63, 3.8) is 0 Å². The number of carbonyl (C=O) groups excluding carboxylic acids is 2. The van der Waals surface area contributed by atoms with E-state index in [9.17, 15) is 9.59 Å². The highest BCUT2D eigenvalue weighted by Gasteiger charge is 2.25. The van der Waals surface area contributed by atoms with Gasteiger partial charge in [-0.15, -0.1) is 0 Å². The van der Waals surface area contributed by atoms with Crippen molar-refractivity contribution < 1.29 is 23.8 Å². The SMILES string of the molecule is COc1ccccc1OCCCOc1ccc(Cl)cc1/C=C1/SC(=O)NC1=O. The lowest BCUT2D eigenvalue weighted by molar-refractivity contribution is -0.115. The first-order chi connectivity index (χ1) is 13.6. The zero-order valence-corrected chi connectivity index (χ0v) is 16.6. The fraction of sp³-hybridized carbons (Fsp3) is 0.200. The van der Waals surface area contributed by atoms with Gasteiger partial charge in [0, 0.05) is 17.0 Å². The molecule has 2 aromatic rings. The predicted molar refractivity (Wildman–Crippen MR) is 109 cm³/mol. The number of halogens is 1. The van der Waals surface area contributed by atoms with Gasteiger partial charge >= 0.3 is 0 Å². The van der Waals surface area contributed by atoms with Gasteiger partial charge in [0.15, 0.2) is 11.5 Å². The van der Waals surface area contributed by atoms with Crippen LogP contribution in [0.1, 0.15) is 12.0 Å². The van der Waals surface area contributed by atoms with E-state index in [2.05, 4.69) is 5.32 Å². The van der Waals surface area contributed by atoms with E-state index in [0.717, 1.165) is 11.8 Å². The van der Waals surface area contributed by atoms with E-state index in [4.69, 9.17) is 25.8 Å². The molecule has 28 heavy (non-hydrogen) atoms. The number of para-hydroxylation sites is 2. The van der Waals surface area contributed by atoms with Crippen LogP contribution in [0, 0.1) is 0 Å². The molecular weight excluding hydrogens is 402 g/mol. The molecule has 0 bridgehead atoms. The van der Waals surface area contributed by atoms with Gasteiger partial charge in [0.2, 0.25) is 0 Å². The van der Waals surface area contributed by atoms with Crippen LogP contribution >= 0.6 is 23.4 Å². The molecule has 0 aliphatic carbocycles. The second kappa shape index (κ2) is 9.52. The minimum atomic E-state index is -0.425. The van der Waals surface area contributed by atoms with Crippen LogP contribution in [0.25, 0.3) is 6.08 Å². The van der Waals surface area contributed by atoms with Crippen LogP contribution in [0.3, 0.4) is 0 Å². The highest BCUT2D eigenvalue weighted by atomic mass is 35.5. The molecule has 1 N–H and O–H groups in total. The van der Waals surface area contributed by atoms with Gasteiger partial charge in [-0.2, -0.15) is 0 Å². The van der Waals surface area contributed by atoms with E-state index in [0.29, 0.717) is 52.4 Å². The largest absolute Gasteiger partial charge is 0.493 e. The van der Waals surface area contributed by atoms with Crippen LogP contribution in [0.2, 0.25) is 5.02 Å². The molecule has 0 saturated carbocycles. The summed E-state index contributed by atoms with van der Waals surface area (Å²) in [4.78, 5) is 23.4. The molecule has 1 saturated heterocycles. The van der Waals surface area contributed by atoms with E-state index in [1.54, 1.807) is 31.4 Å². The Balaban J connectivity index is 1.58. The highest BCUT2D eigenvalue weighted by molar-refractivity contribution is 8.18. The molecule has 1 aliphatic rings. The van der Waals surface area contributed by atoms with Crippen molar-refractivity contribution in [2.45, 2.75) is 6.42 Å². The van der Waals surface area contributed by atoms with Crippen LogP contribution in [0.15, 0.2) is 47.4 Å². The molecule has 1 heterocycles. The maximum Gasteiger partial charge on any atom is 0.290 e. The van der Waals surface area contributed by atoms with Gasteiger partial charge in [-0.05, 0) is 48.2 Å². The van der Waals surface area contributed by atoms with Gasteiger partial charge in [0.1, 0.15) is 5.75 Å². The Bertz CT molecular complexity index is 915. The second-order valence-corrected chi connectivity index (χ2v) is 7.19. The lowest BCUT2D eigenvalue weighted by Crippen LogP contribution is -2.17. The predicted octanol–water partition coefficient (Wildman–Crippen LogP) is 4.52. The third-order valence-corrected chi connectivity index (χ3v) is 4.82. The number of nitrogens with one attached hydrogen (secondary N) is 1. The molecule has 1 fully saturated rings. The first-order valence-electron chi connectivity index (χ1n) is 8.50. The molecule has 3 rings (SSSR count). The van der Waals surface area contributed by atoms with E-state index < -0.39 is 11.1 Å². The van der Waals surface area contributed by atoms with E-state index in [1.165, 1.54) is 0 Å². The van der Waals surface area contributed by atoms with Gasteiger partial charge < -0.3 is 14.2 Å². The third kappa shape index (κ3) is 5.21. The summed E-state index contributed by atoms with van der Waals surface area (Å²) in [6, 6.07) is 12.6. The average Bonchev–Trinajstić information content (AvgIpc) is 3.00. The quantitative estimate of drug-likeness (QED) is 0.501. The number of thioether (sulfide) groups is 1. The van der Waals surface area contributed by atoms with Crippen molar-refractivity contribution in [2.24, 2.45) is 0 Å². The summed E-state index contributed by atoms with van der Waals surface area (Å²) in [5, 5.41) is 2.34. The number of hydrogen-bond acceptors (Lipinski definition) is 6. The minimum absolute atomic E-state index is 0.302. The molecule has 2 aromatic carbocycles. The molecule has 6 nitrogen and oxygen atoms in total. The normalized spacial score (nSPS) is 14.9. The van der Waals surface area contributed by atoms with Crippen LogP contribution in [-0.2, 0) is 4.79 Å². The Labute approximate surface area is 171 Å². The van der Waals surface area contributed by atoms with E-state index in [1.807, 2.05) is 24.3 Å². The fourth-order valence-corrected chi connectivity index (χ4v) is 3.34. The third-order valence-electron chi connectivity index (χ3n) is 3.77. The summed E-state index contributed by atoms with van der Waals surface area (Å²) in [7, 11) is 1.60. The molecule has 0 spiro atoms. The van der Waals surface area contributed by atoms with Gasteiger partial charge in [0.05, 0.1) is 25.2 Å². The number of carbonyl (C=O) groups is 2. The van der Waals surface area contributed by atoms with Crippen LogP contribution in [0.4, 0.5) is 4.79 Å². The number of imide groups is 1. The Morgan fingerprint density at radius 3 is 2.43 bits per heavy atom. The topological polar surface area (TPSA) is 73.9 Å². The number of ether oxygens (including phenoxy) is 3. The summed E-state index contributed by atoms with van der Waals surface area (Å²) in [6.07, 6.45) is 2.24. The zero-order chi connectivity index (χ0) is 19.9. The minimum Gasteiger partial charge on any atom is -0.493 e. The Morgan fingerprint density at radius 2 is 1.75 bits per heavy atom. The zero-order valence-electron chi connectivity index (χ0n) is 15.1. The summed E-state index contributed by atoms with van der Waals surface area (Å²) < 4.78 is 16.8. The van der Waals surface area contributed by atoms with Gasteiger partial charge in [-0.1, -0.05) is 23.7 Å². The molecule has 146 valence electrons. The van der Waals surface area contributed by atoms with Crippen molar-refractivity contribution >= 4 is 40.6 Å². The Kier molecular flexibility index (Phi) is 6.84. The highest BCUT2D eigenvalue weighted by Crippen LogP contribution is 2.31.